The number of carboxylic acids is 1. The highest BCUT2D eigenvalue weighted by Crippen LogP contribution is 2.37. The first kappa shape index (κ1) is 26.3. The molecule has 0 saturated carbocycles. The molecular formula is C21H18F6N2O5S. The van der Waals surface area contributed by atoms with Crippen molar-refractivity contribution in [2.75, 3.05) is 25.1 Å². The molecule has 4 rings (SSSR count). The minimum atomic E-state index is -5.08. The highest BCUT2D eigenvalue weighted by Gasteiger charge is 2.46. The van der Waals surface area contributed by atoms with Gasteiger partial charge in [0.25, 0.3) is 11.7 Å². The Balaban J connectivity index is 0.000000429. The number of benzene rings is 1. The Morgan fingerprint density at radius 2 is 1.49 bits per heavy atom. The van der Waals surface area contributed by atoms with Crippen LogP contribution in [0.2, 0.25) is 0 Å². The fourth-order valence-electron chi connectivity index (χ4n) is 3.86. The molecule has 190 valence electrons. The van der Waals surface area contributed by atoms with E-state index in [4.69, 9.17) is 14.6 Å². The lowest BCUT2D eigenvalue weighted by atomic mass is 10.2. The minimum Gasteiger partial charge on any atom is -0.497 e. The molecule has 2 bridgehead atoms. The van der Waals surface area contributed by atoms with E-state index in [1.165, 1.54) is 6.07 Å². The number of amides is 1. The molecular weight excluding hydrogens is 506 g/mol. The lowest BCUT2D eigenvalue weighted by molar-refractivity contribution is -0.192. The Bertz CT molecular complexity index is 1100. The number of fused-ring (bicyclic) bond motifs is 2. The molecule has 0 spiro atoms. The number of rotatable bonds is 4. The summed E-state index contributed by atoms with van der Waals surface area (Å²) in [6.45, 7) is 1.18. The second-order valence-electron chi connectivity index (χ2n) is 7.64. The highest BCUT2D eigenvalue weighted by molar-refractivity contribution is 7.16. The van der Waals surface area contributed by atoms with Crippen molar-refractivity contribution in [2.45, 2.75) is 30.9 Å². The first-order valence-corrected chi connectivity index (χ1v) is 10.8. The molecule has 14 heteroatoms. The number of anilines is 1. The lowest BCUT2D eigenvalue weighted by Crippen LogP contribution is -2.48. The fraction of sp³-hybridized carbons (Fsp3) is 0.381. The molecule has 1 amide bonds. The molecule has 2 aromatic rings. The van der Waals surface area contributed by atoms with Crippen LogP contribution in [0.1, 0.15) is 25.8 Å². The van der Waals surface area contributed by atoms with Crippen LogP contribution < -0.4 is 9.64 Å². The van der Waals surface area contributed by atoms with Gasteiger partial charge < -0.3 is 19.6 Å². The van der Waals surface area contributed by atoms with Crippen molar-refractivity contribution < 1.29 is 50.6 Å². The maximum absolute atomic E-state index is 12.8. The van der Waals surface area contributed by atoms with Gasteiger partial charge in [-0.05, 0) is 42.8 Å². The molecule has 1 aromatic heterocycles. The van der Waals surface area contributed by atoms with Crippen LogP contribution in [0.4, 0.5) is 32.0 Å². The van der Waals surface area contributed by atoms with Crippen molar-refractivity contribution in [1.82, 2.24) is 4.90 Å². The summed E-state index contributed by atoms with van der Waals surface area (Å²) < 4.78 is 74.6. The number of halogens is 6. The van der Waals surface area contributed by atoms with Crippen LogP contribution in [0.25, 0.3) is 0 Å². The summed E-state index contributed by atoms with van der Waals surface area (Å²) in [6, 6.07) is 10.3. The number of carboxylic acid groups (broad SMARTS) is 1. The predicted molar refractivity (Wildman–Crippen MR) is 112 cm³/mol. The number of ether oxygens (including phenoxy) is 1. The van der Waals surface area contributed by atoms with Gasteiger partial charge in [0.2, 0.25) is 0 Å². The molecule has 1 aromatic carbocycles. The number of Topliss-reactive ketones (excluding diaryl/α,β-unsaturated/α-hetero) is 1. The van der Waals surface area contributed by atoms with E-state index in [9.17, 15) is 35.9 Å². The van der Waals surface area contributed by atoms with E-state index in [1.807, 2.05) is 24.3 Å². The van der Waals surface area contributed by atoms with Crippen LogP contribution >= 0.6 is 11.3 Å². The van der Waals surface area contributed by atoms with Crippen LogP contribution in [0.15, 0.2) is 36.4 Å². The summed E-state index contributed by atoms with van der Waals surface area (Å²) in [5, 5.41) is 7.12. The standard InChI is InChI=1S/C19H17F3N2O3S.C2HF3O2/c1-27-14-4-2-11(3-5-14)23-9-13-8-12(23)10-24(13)18(26)16-7-6-15(28-16)17(25)19(20,21)22;3-2(4,5)1(6)7/h2-7,12-13H,8-10H2,1H3;(H,6,7)/t12-,13-;/m0./s1. The van der Waals surface area contributed by atoms with Gasteiger partial charge in [-0.3, -0.25) is 9.59 Å². The van der Waals surface area contributed by atoms with Gasteiger partial charge in [-0.1, -0.05) is 0 Å². The summed E-state index contributed by atoms with van der Waals surface area (Å²) in [7, 11) is 1.61. The number of ketones is 1. The molecule has 35 heavy (non-hydrogen) atoms. The van der Waals surface area contributed by atoms with Gasteiger partial charge in [0.15, 0.2) is 0 Å². The fourth-order valence-corrected chi connectivity index (χ4v) is 4.78. The third-order valence-corrected chi connectivity index (χ3v) is 6.52. The van der Waals surface area contributed by atoms with Crippen LogP contribution in [0.5, 0.6) is 5.75 Å². The lowest BCUT2D eigenvalue weighted by Gasteiger charge is -2.35. The maximum Gasteiger partial charge on any atom is 0.490 e. The van der Waals surface area contributed by atoms with E-state index in [0.29, 0.717) is 24.4 Å². The zero-order valence-electron chi connectivity index (χ0n) is 17.9. The normalized spacial score (nSPS) is 19.3. The topological polar surface area (TPSA) is 87.2 Å². The van der Waals surface area contributed by atoms with Crippen molar-refractivity contribution in [3.8, 4) is 5.75 Å². The SMILES string of the molecule is COc1ccc(N2C[C@@H]3C[C@H]2CN3C(=O)c2ccc(C(=O)C(F)(F)F)s2)cc1.O=C(O)C(F)(F)F. The van der Waals surface area contributed by atoms with Gasteiger partial charge in [-0.15, -0.1) is 11.3 Å². The molecule has 2 fully saturated rings. The molecule has 0 aliphatic carbocycles. The predicted octanol–water partition coefficient (Wildman–Crippen LogP) is 4.24. The van der Waals surface area contributed by atoms with E-state index >= 15 is 0 Å². The van der Waals surface area contributed by atoms with Crippen molar-refractivity contribution in [3.63, 3.8) is 0 Å². The second-order valence-corrected chi connectivity index (χ2v) is 8.73. The Morgan fingerprint density at radius 1 is 0.914 bits per heavy atom. The number of alkyl halides is 6. The molecule has 3 heterocycles. The van der Waals surface area contributed by atoms with Crippen LogP contribution in [0.3, 0.4) is 0 Å². The van der Waals surface area contributed by atoms with Crippen molar-refractivity contribution in [2.24, 2.45) is 0 Å². The summed E-state index contributed by atoms with van der Waals surface area (Å²) in [5.74, 6) is -4.21. The van der Waals surface area contributed by atoms with E-state index in [0.717, 1.165) is 23.9 Å². The number of carbonyl (C=O) groups is 3. The number of carbonyl (C=O) groups excluding carboxylic acids is 2. The summed E-state index contributed by atoms with van der Waals surface area (Å²) in [4.78, 5) is 36.6. The van der Waals surface area contributed by atoms with E-state index in [2.05, 4.69) is 4.90 Å². The second kappa shape index (κ2) is 9.76. The van der Waals surface area contributed by atoms with Crippen molar-refractivity contribution in [1.29, 1.82) is 0 Å². The number of hydrogen-bond acceptors (Lipinski definition) is 6. The Hall–Kier alpha value is -3.29. The monoisotopic (exact) mass is 524 g/mol. The number of hydrogen-bond donors (Lipinski definition) is 1. The molecule has 2 aliphatic rings. The molecule has 2 saturated heterocycles. The third-order valence-electron chi connectivity index (χ3n) is 5.45. The number of thiophene rings is 1. The molecule has 2 aliphatic heterocycles. The molecule has 2 atom stereocenters. The quantitative estimate of drug-likeness (QED) is 0.476. The first-order chi connectivity index (χ1) is 16.2. The third kappa shape index (κ3) is 5.86. The maximum atomic E-state index is 12.8. The van der Waals surface area contributed by atoms with Crippen LogP contribution in [-0.4, -0.2) is 72.3 Å². The number of nitrogens with zero attached hydrogens (tertiary/aromatic N) is 2. The smallest absolute Gasteiger partial charge is 0.490 e. The average Bonchev–Trinajstić information content (AvgIpc) is 3.53. The molecule has 0 unspecified atom stereocenters. The summed E-state index contributed by atoms with van der Waals surface area (Å²) in [5.41, 5.74) is 1.05. The largest absolute Gasteiger partial charge is 0.497 e. The van der Waals surface area contributed by atoms with Gasteiger partial charge in [0, 0.05) is 24.8 Å². The Labute approximate surface area is 198 Å². The number of methoxy groups -OCH3 is 1. The van der Waals surface area contributed by atoms with E-state index in [-0.39, 0.29) is 22.9 Å². The van der Waals surface area contributed by atoms with E-state index < -0.39 is 29.0 Å². The van der Waals surface area contributed by atoms with Crippen molar-refractivity contribution in [3.05, 3.63) is 46.2 Å². The van der Waals surface area contributed by atoms with Gasteiger partial charge >= 0.3 is 18.3 Å². The Morgan fingerprint density at radius 3 is 1.94 bits per heavy atom. The minimum absolute atomic E-state index is 0.00321. The average molecular weight is 524 g/mol. The van der Waals surface area contributed by atoms with Crippen molar-refractivity contribution >= 4 is 34.7 Å². The van der Waals surface area contributed by atoms with E-state index in [1.54, 1.807) is 12.0 Å². The highest BCUT2D eigenvalue weighted by atomic mass is 32.1. The first-order valence-electron chi connectivity index (χ1n) is 9.95. The van der Waals surface area contributed by atoms with Gasteiger partial charge in [0.05, 0.1) is 22.9 Å². The van der Waals surface area contributed by atoms with Crippen LogP contribution in [-0.2, 0) is 4.79 Å². The zero-order valence-corrected chi connectivity index (χ0v) is 18.7. The molecule has 1 N–H and O–H groups in total. The molecule has 0 radical (unpaired) electrons. The zero-order chi connectivity index (χ0) is 26.1. The number of piperazine rings is 1. The summed E-state index contributed by atoms with van der Waals surface area (Å²) >= 11 is 0.603. The summed E-state index contributed by atoms with van der Waals surface area (Å²) in [6.07, 6.45) is -9.20. The van der Waals surface area contributed by atoms with Gasteiger partial charge in [0.1, 0.15) is 5.75 Å². The number of likely N-dealkylation sites (tertiary alicyclic amines) is 1. The number of aliphatic carboxylic acids is 1. The van der Waals surface area contributed by atoms with Gasteiger partial charge in [-0.25, -0.2) is 4.79 Å². The van der Waals surface area contributed by atoms with Gasteiger partial charge in [-0.2, -0.15) is 26.3 Å². The Kier molecular flexibility index (Phi) is 7.34. The van der Waals surface area contributed by atoms with Crippen LogP contribution in [0, 0.1) is 0 Å². The molecule has 7 nitrogen and oxygen atoms in total.